The molecule has 1 aromatic carbocycles. The minimum Gasteiger partial charge on any atom is -0.290 e. The number of hydrogen-bond acceptors (Lipinski definition) is 5. The Kier molecular flexibility index (Phi) is 2.37. The summed E-state index contributed by atoms with van der Waals surface area (Å²) in [6.45, 7) is 0. The van der Waals surface area contributed by atoms with Gasteiger partial charge in [-0.15, -0.1) is 10.2 Å². The second kappa shape index (κ2) is 3.88. The lowest BCUT2D eigenvalue weighted by atomic mass is 10.3. The van der Waals surface area contributed by atoms with Crippen molar-refractivity contribution >= 4 is 44.6 Å². The van der Waals surface area contributed by atoms with Gasteiger partial charge >= 0.3 is 0 Å². The van der Waals surface area contributed by atoms with Crippen LogP contribution in [0.3, 0.4) is 0 Å². The number of aromatic nitrogens is 3. The summed E-state index contributed by atoms with van der Waals surface area (Å²) in [7, 11) is 0. The Morgan fingerprint density at radius 3 is 3.12 bits per heavy atom. The fourth-order valence-electron chi connectivity index (χ4n) is 1.54. The number of thioether (sulfide) groups is 1. The first-order chi connectivity index (χ1) is 7.90. The normalized spacial score (nSPS) is 11.2. The maximum atomic E-state index is 10.2. The molecule has 79 valence electrons. The minimum atomic E-state index is 0.283. The van der Waals surface area contributed by atoms with Crippen LogP contribution in [0.1, 0.15) is 0 Å². The van der Waals surface area contributed by atoms with Crippen molar-refractivity contribution in [3.63, 3.8) is 0 Å². The summed E-state index contributed by atoms with van der Waals surface area (Å²) in [5.41, 5.74) is 1.08. The molecule has 0 N–H and O–H groups in total. The first kappa shape index (κ1) is 9.80. The van der Waals surface area contributed by atoms with Gasteiger partial charge in [0.1, 0.15) is 0 Å². The molecule has 1 radical (unpaired) electrons. The van der Waals surface area contributed by atoms with Gasteiger partial charge in [0.15, 0.2) is 5.16 Å². The average Bonchev–Trinajstić information content (AvgIpc) is 2.85. The number of rotatable bonds is 3. The largest absolute Gasteiger partial charge is 0.290 e. The topological polar surface area (TPSA) is 47.3 Å². The molecule has 0 spiro atoms. The molecule has 0 aliphatic rings. The zero-order valence-corrected chi connectivity index (χ0v) is 9.72. The molecule has 0 bridgehead atoms. The highest BCUT2D eigenvalue weighted by Gasteiger charge is 2.11. The summed E-state index contributed by atoms with van der Waals surface area (Å²) in [6, 6.07) is 8.05. The third-order valence-corrected chi connectivity index (χ3v) is 3.97. The van der Waals surface area contributed by atoms with E-state index in [0.717, 1.165) is 15.6 Å². The van der Waals surface area contributed by atoms with Gasteiger partial charge < -0.3 is 0 Å². The van der Waals surface area contributed by atoms with Crippen molar-refractivity contribution in [2.45, 2.75) is 5.16 Å². The molecule has 0 fully saturated rings. The Morgan fingerprint density at radius 1 is 1.38 bits per heavy atom. The van der Waals surface area contributed by atoms with E-state index in [1.807, 2.05) is 28.9 Å². The highest BCUT2D eigenvalue weighted by Crippen LogP contribution is 2.28. The van der Waals surface area contributed by atoms with E-state index in [2.05, 4.69) is 16.3 Å². The van der Waals surface area contributed by atoms with Gasteiger partial charge in [-0.25, -0.2) is 0 Å². The van der Waals surface area contributed by atoms with Crippen molar-refractivity contribution in [3.8, 4) is 0 Å². The van der Waals surface area contributed by atoms with Crippen molar-refractivity contribution in [1.82, 2.24) is 14.6 Å². The van der Waals surface area contributed by atoms with E-state index in [4.69, 9.17) is 0 Å². The number of hydrogen-bond donors (Lipinski definition) is 0. The highest BCUT2D eigenvalue weighted by atomic mass is 32.2. The molecule has 3 rings (SSSR count). The Labute approximate surface area is 99.3 Å². The van der Waals surface area contributed by atoms with Crippen molar-refractivity contribution in [3.05, 3.63) is 24.3 Å². The van der Waals surface area contributed by atoms with Crippen LogP contribution in [0.15, 0.2) is 29.4 Å². The van der Waals surface area contributed by atoms with E-state index in [1.165, 1.54) is 16.5 Å². The lowest BCUT2D eigenvalue weighted by Gasteiger charge is -1.94. The molecule has 2 heterocycles. The molecule has 0 aliphatic carbocycles. The Balaban J connectivity index is 2.25. The van der Waals surface area contributed by atoms with E-state index in [-0.39, 0.29) is 5.75 Å². The van der Waals surface area contributed by atoms with Gasteiger partial charge in [0.25, 0.3) is 0 Å². The number of fused-ring (bicyclic) bond motifs is 3. The number of carbonyl (C=O) groups excluding carboxylic acids is 1. The molecule has 4 nitrogen and oxygen atoms in total. The van der Waals surface area contributed by atoms with Gasteiger partial charge in [0.05, 0.1) is 16.0 Å². The Morgan fingerprint density at radius 2 is 2.25 bits per heavy atom. The maximum absolute atomic E-state index is 10.2. The second-order valence-electron chi connectivity index (χ2n) is 3.10. The predicted molar refractivity (Wildman–Crippen MR) is 64.8 cm³/mol. The average molecular weight is 248 g/mol. The molecule has 0 amide bonds. The van der Waals surface area contributed by atoms with Crippen molar-refractivity contribution in [2.24, 2.45) is 0 Å². The first-order valence-corrected chi connectivity index (χ1v) is 6.41. The lowest BCUT2D eigenvalue weighted by molar-refractivity contribution is 0.560. The van der Waals surface area contributed by atoms with Crippen LogP contribution in [0.25, 0.3) is 15.2 Å². The first-order valence-electron chi connectivity index (χ1n) is 4.60. The van der Waals surface area contributed by atoms with Crippen LogP contribution in [0.2, 0.25) is 0 Å². The fourth-order valence-corrected chi connectivity index (χ4v) is 3.17. The molecule has 6 heteroatoms. The van der Waals surface area contributed by atoms with Crippen LogP contribution in [-0.2, 0) is 4.79 Å². The van der Waals surface area contributed by atoms with Crippen molar-refractivity contribution < 1.29 is 4.79 Å². The number of benzene rings is 1. The standard InChI is InChI=1S/C10H6N3OS2/c14-5-6-15-9-11-12-10-13(9)7-3-1-2-4-8(7)16-10/h1-4H,6H2. The van der Waals surface area contributed by atoms with Crippen LogP contribution in [0.4, 0.5) is 0 Å². The van der Waals surface area contributed by atoms with Gasteiger partial charge in [-0.2, -0.15) is 0 Å². The van der Waals surface area contributed by atoms with E-state index in [1.54, 1.807) is 11.3 Å². The van der Waals surface area contributed by atoms with Gasteiger partial charge in [-0.1, -0.05) is 35.2 Å². The summed E-state index contributed by atoms with van der Waals surface area (Å²) in [6.07, 6.45) is 1.85. The molecular formula is C10H6N3OS2. The number of nitrogens with zero attached hydrogens (tertiary/aromatic N) is 3. The van der Waals surface area contributed by atoms with Crippen molar-refractivity contribution in [2.75, 3.05) is 5.75 Å². The van der Waals surface area contributed by atoms with Crippen LogP contribution in [0, 0.1) is 0 Å². The van der Waals surface area contributed by atoms with Gasteiger partial charge in [0, 0.05) is 0 Å². The number of para-hydroxylation sites is 1. The summed E-state index contributed by atoms with van der Waals surface area (Å²) in [5, 5.41) is 8.89. The Hall–Kier alpha value is -1.40. The van der Waals surface area contributed by atoms with Crippen molar-refractivity contribution in [1.29, 1.82) is 0 Å². The second-order valence-corrected chi connectivity index (χ2v) is 5.05. The van der Waals surface area contributed by atoms with E-state index < -0.39 is 0 Å². The summed E-state index contributed by atoms with van der Waals surface area (Å²) in [5.74, 6) is 0.283. The van der Waals surface area contributed by atoms with Crippen LogP contribution in [-0.4, -0.2) is 26.6 Å². The fraction of sp³-hybridized carbons (Fsp3) is 0.100. The van der Waals surface area contributed by atoms with Crippen LogP contribution in [0.5, 0.6) is 0 Å². The molecule has 0 atom stereocenters. The SMILES string of the molecule is O=[C]CSc1nnc2sc3ccccc3n12. The summed E-state index contributed by atoms with van der Waals surface area (Å²) in [4.78, 5) is 11.1. The lowest BCUT2D eigenvalue weighted by Crippen LogP contribution is -1.87. The third-order valence-electron chi connectivity index (χ3n) is 2.17. The van der Waals surface area contributed by atoms with Crippen LogP contribution < -0.4 is 0 Å². The third kappa shape index (κ3) is 1.42. The summed E-state index contributed by atoms with van der Waals surface area (Å²) < 4.78 is 3.14. The monoisotopic (exact) mass is 248 g/mol. The zero-order chi connectivity index (χ0) is 11.0. The maximum Gasteiger partial charge on any atom is 0.217 e. The molecule has 0 saturated heterocycles. The smallest absolute Gasteiger partial charge is 0.217 e. The van der Waals surface area contributed by atoms with E-state index in [9.17, 15) is 4.79 Å². The summed E-state index contributed by atoms with van der Waals surface area (Å²) >= 11 is 2.94. The van der Waals surface area contributed by atoms with Gasteiger partial charge in [-0.05, 0) is 12.1 Å². The molecule has 3 aromatic rings. The molecule has 16 heavy (non-hydrogen) atoms. The molecular weight excluding hydrogens is 242 g/mol. The zero-order valence-electron chi connectivity index (χ0n) is 8.08. The quantitative estimate of drug-likeness (QED) is 0.666. The minimum absolute atomic E-state index is 0.283. The molecule has 0 saturated carbocycles. The molecule has 0 unspecified atom stereocenters. The van der Waals surface area contributed by atoms with E-state index in [0.29, 0.717) is 0 Å². The Bertz CT molecular complexity index is 658. The highest BCUT2D eigenvalue weighted by molar-refractivity contribution is 7.99. The molecule has 2 aromatic heterocycles. The molecule has 0 aliphatic heterocycles. The predicted octanol–water partition coefficient (Wildman–Crippen LogP) is 2.15. The van der Waals surface area contributed by atoms with Gasteiger partial charge in [-0.3, -0.25) is 9.20 Å². The van der Waals surface area contributed by atoms with E-state index >= 15 is 0 Å². The van der Waals surface area contributed by atoms with Crippen LogP contribution >= 0.6 is 23.1 Å². The number of thiazole rings is 1. The van der Waals surface area contributed by atoms with Gasteiger partial charge in [0.2, 0.25) is 11.2 Å².